The molecule has 0 bridgehead atoms. The van der Waals surface area contributed by atoms with Crippen molar-refractivity contribution in [3.63, 3.8) is 0 Å². The number of halogens is 3. The van der Waals surface area contributed by atoms with Gasteiger partial charge in [-0.2, -0.15) is 13.2 Å². The topological polar surface area (TPSA) is 59.1 Å². The average Bonchev–Trinajstić information content (AvgIpc) is 3.02. The first-order valence-electron chi connectivity index (χ1n) is 7.34. The van der Waals surface area contributed by atoms with Crippen molar-refractivity contribution in [1.29, 1.82) is 0 Å². The first kappa shape index (κ1) is 18.4. The third-order valence-corrected chi connectivity index (χ3v) is 5.44. The van der Waals surface area contributed by atoms with Crippen LogP contribution in [0.15, 0.2) is 58.8 Å². The summed E-state index contributed by atoms with van der Waals surface area (Å²) in [5, 5.41) is 4.69. The molecule has 26 heavy (non-hydrogen) atoms. The molecule has 2 aromatic carbocycles. The van der Waals surface area contributed by atoms with Crippen molar-refractivity contribution in [2.75, 3.05) is 11.6 Å². The Bertz CT molecular complexity index is 1030. The van der Waals surface area contributed by atoms with E-state index in [4.69, 9.17) is 0 Å². The second kappa shape index (κ2) is 6.73. The molecular formula is C17H13F3N2O2S2. The largest absolute Gasteiger partial charge is 0.418 e. The molecule has 0 aliphatic rings. The fraction of sp³-hybridized carbons (Fsp3) is 0.118. The van der Waals surface area contributed by atoms with Crippen molar-refractivity contribution in [2.24, 2.45) is 0 Å². The molecule has 4 nitrogen and oxygen atoms in total. The first-order valence-corrected chi connectivity index (χ1v) is 10.1. The number of sulfone groups is 1. The zero-order valence-corrected chi connectivity index (χ0v) is 15.0. The fourth-order valence-electron chi connectivity index (χ4n) is 2.29. The second-order valence-electron chi connectivity index (χ2n) is 5.50. The number of anilines is 2. The summed E-state index contributed by atoms with van der Waals surface area (Å²) in [6.45, 7) is 0. The third-order valence-electron chi connectivity index (χ3n) is 3.56. The van der Waals surface area contributed by atoms with E-state index >= 15 is 0 Å². The number of para-hydroxylation sites is 1. The molecule has 9 heteroatoms. The van der Waals surface area contributed by atoms with Crippen LogP contribution >= 0.6 is 11.3 Å². The number of thiazole rings is 1. The van der Waals surface area contributed by atoms with E-state index in [9.17, 15) is 21.6 Å². The second-order valence-corrected chi connectivity index (χ2v) is 8.38. The molecule has 0 atom stereocenters. The monoisotopic (exact) mass is 398 g/mol. The van der Waals surface area contributed by atoms with E-state index in [2.05, 4.69) is 10.3 Å². The van der Waals surface area contributed by atoms with E-state index in [1.165, 1.54) is 30.3 Å². The number of nitrogens with zero attached hydrogens (tertiary/aromatic N) is 1. The Morgan fingerprint density at radius 3 is 2.31 bits per heavy atom. The third kappa shape index (κ3) is 4.05. The van der Waals surface area contributed by atoms with Crippen LogP contribution in [0.25, 0.3) is 11.3 Å². The molecule has 0 radical (unpaired) electrons. The first-order chi connectivity index (χ1) is 12.1. The van der Waals surface area contributed by atoms with Crippen LogP contribution in [0.1, 0.15) is 5.56 Å². The number of benzene rings is 2. The van der Waals surface area contributed by atoms with Gasteiger partial charge >= 0.3 is 6.18 Å². The van der Waals surface area contributed by atoms with Crippen LogP contribution in [0.3, 0.4) is 0 Å². The highest BCUT2D eigenvalue weighted by Crippen LogP contribution is 2.36. The summed E-state index contributed by atoms with van der Waals surface area (Å²) in [4.78, 5) is 4.47. The molecule has 3 rings (SSSR count). The Hall–Kier alpha value is -2.39. The Kier molecular flexibility index (Phi) is 4.76. The predicted octanol–water partition coefficient (Wildman–Crippen LogP) is 4.98. The molecule has 0 spiro atoms. The summed E-state index contributed by atoms with van der Waals surface area (Å²) < 4.78 is 62.1. The lowest BCUT2D eigenvalue weighted by atomic mass is 10.1. The van der Waals surface area contributed by atoms with Gasteiger partial charge in [-0.05, 0) is 24.3 Å². The minimum Gasteiger partial charge on any atom is -0.331 e. The van der Waals surface area contributed by atoms with E-state index < -0.39 is 21.6 Å². The van der Waals surface area contributed by atoms with Crippen LogP contribution in [-0.2, 0) is 16.0 Å². The van der Waals surface area contributed by atoms with E-state index in [0.717, 1.165) is 23.7 Å². The molecule has 0 fully saturated rings. The fourth-order valence-corrected chi connectivity index (χ4v) is 3.65. The highest BCUT2D eigenvalue weighted by molar-refractivity contribution is 7.90. The van der Waals surface area contributed by atoms with Gasteiger partial charge in [0.25, 0.3) is 0 Å². The van der Waals surface area contributed by atoms with Gasteiger partial charge < -0.3 is 5.32 Å². The smallest absolute Gasteiger partial charge is 0.331 e. The standard InChI is InChI=1S/C17H13F3N2O2S2/c1-26(23,24)12-8-6-11(7-9-12)15-10-25-16(22-15)21-14-5-3-2-4-13(14)17(18,19)20/h2-10H,1H3,(H,21,22). The van der Waals surface area contributed by atoms with Crippen molar-refractivity contribution in [3.05, 3.63) is 59.5 Å². The van der Waals surface area contributed by atoms with Gasteiger partial charge in [0.2, 0.25) is 0 Å². The van der Waals surface area contributed by atoms with Crippen molar-refractivity contribution >= 4 is 32.0 Å². The lowest BCUT2D eigenvalue weighted by Gasteiger charge is -2.12. The van der Waals surface area contributed by atoms with Crippen molar-refractivity contribution < 1.29 is 21.6 Å². The Balaban J connectivity index is 1.86. The number of hydrogen-bond donors (Lipinski definition) is 1. The molecule has 1 aromatic heterocycles. The highest BCUT2D eigenvalue weighted by atomic mass is 32.2. The number of hydrogen-bond acceptors (Lipinski definition) is 5. The van der Waals surface area contributed by atoms with Gasteiger partial charge in [-0.25, -0.2) is 13.4 Å². The summed E-state index contributed by atoms with van der Waals surface area (Å²) in [5.74, 6) is 0. The summed E-state index contributed by atoms with van der Waals surface area (Å²) in [5.41, 5.74) is 0.371. The maximum absolute atomic E-state index is 13.0. The number of rotatable bonds is 4. The van der Waals surface area contributed by atoms with Crippen molar-refractivity contribution in [1.82, 2.24) is 4.98 Å². The van der Waals surface area contributed by atoms with E-state index in [1.807, 2.05) is 0 Å². The summed E-state index contributed by atoms with van der Waals surface area (Å²) in [6, 6.07) is 11.3. The number of aromatic nitrogens is 1. The predicted molar refractivity (Wildman–Crippen MR) is 95.4 cm³/mol. The summed E-state index contributed by atoms with van der Waals surface area (Å²) in [6.07, 6.45) is -3.35. The van der Waals surface area contributed by atoms with Gasteiger partial charge in [0.15, 0.2) is 15.0 Å². The summed E-state index contributed by atoms with van der Waals surface area (Å²) in [7, 11) is -3.29. The van der Waals surface area contributed by atoms with Gasteiger partial charge in [-0.15, -0.1) is 11.3 Å². The Morgan fingerprint density at radius 2 is 1.69 bits per heavy atom. The molecule has 0 unspecified atom stereocenters. The zero-order chi connectivity index (χ0) is 18.9. The molecule has 3 aromatic rings. The SMILES string of the molecule is CS(=O)(=O)c1ccc(-c2csc(Nc3ccccc3C(F)(F)F)n2)cc1. The van der Waals surface area contributed by atoms with Crippen LogP contribution < -0.4 is 5.32 Å². The van der Waals surface area contributed by atoms with Crippen LogP contribution in [-0.4, -0.2) is 19.7 Å². The Morgan fingerprint density at radius 1 is 1.04 bits per heavy atom. The van der Waals surface area contributed by atoms with Crippen molar-refractivity contribution in [3.8, 4) is 11.3 Å². The lowest BCUT2D eigenvalue weighted by Crippen LogP contribution is -2.08. The minimum atomic E-state index is -4.47. The number of alkyl halides is 3. The van der Waals surface area contributed by atoms with E-state index in [1.54, 1.807) is 17.5 Å². The molecule has 0 amide bonds. The minimum absolute atomic E-state index is 0.0756. The Labute approximate surface area is 152 Å². The number of nitrogens with one attached hydrogen (secondary N) is 1. The van der Waals surface area contributed by atoms with Gasteiger partial charge in [0.05, 0.1) is 21.8 Å². The van der Waals surface area contributed by atoms with E-state index in [0.29, 0.717) is 16.4 Å². The van der Waals surface area contributed by atoms with Crippen LogP contribution in [0.2, 0.25) is 0 Å². The molecule has 0 saturated heterocycles. The van der Waals surface area contributed by atoms with E-state index in [-0.39, 0.29) is 10.6 Å². The van der Waals surface area contributed by atoms with Gasteiger partial charge in [0.1, 0.15) is 0 Å². The van der Waals surface area contributed by atoms with Gasteiger partial charge in [0, 0.05) is 17.2 Å². The van der Waals surface area contributed by atoms with Crippen molar-refractivity contribution in [2.45, 2.75) is 11.1 Å². The molecule has 1 heterocycles. The summed E-state index contributed by atoms with van der Waals surface area (Å²) >= 11 is 1.16. The molecule has 1 N–H and O–H groups in total. The van der Waals surface area contributed by atoms with Gasteiger partial charge in [-0.3, -0.25) is 0 Å². The zero-order valence-electron chi connectivity index (χ0n) is 13.4. The van der Waals surface area contributed by atoms with Crippen LogP contribution in [0, 0.1) is 0 Å². The highest BCUT2D eigenvalue weighted by Gasteiger charge is 2.33. The average molecular weight is 398 g/mol. The quantitative estimate of drug-likeness (QED) is 0.674. The maximum atomic E-state index is 13.0. The van der Waals surface area contributed by atoms with Gasteiger partial charge in [-0.1, -0.05) is 24.3 Å². The molecule has 0 saturated carbocycles. The molecule has 136 valence electrons. The van der Waals surface area contributed by atoms with Crippen LogP contribution in [0.5, 0.6) is 0 Å². The molecule has 0 aliphatic carbocycles. The lowest BCUT2D eigenvalue weighted by molar-refractivity contribution is -0.136. The maximum Gasteiger partial charge on any atom is 0.418 e. The molecule has 0 aliphatic heterocycles. The normalized spacial score (nSPS) is 12.2. The molecular weight excluding hydrogens is 385 g/mol. The van der Waals surface area contributed by atoms with Crippen LogP contribution in [0.4, 0.5) is 24.0 Å².